The molecule has 5 amide bonds. The molecule has 8 N–H and O–H groups in total. The highest BCUT2D eigenvalue weighted by Gasteiger charge is 2.21. The molecule has 0 aromatic carbocycles. The number of carbonyl (C=O) groups excluding carboxylic acids is 5. The first-order valence-corrected chi connectivity index (χ1v) is 24.0. The van der Waals surface area contributed by atoms with Crippen LogP contribution in [-0.4, -0.2) is 188 Å². The van der Waals surface area contributed by atoms with Crippen molar-refractivity contribution >= 4 is 41.5 Å². The molecule has 0 aliphatic carbocycles. The fraction of sp³-hybridized carbons (Fsp3) is 0.844. The smallest absolute Gasteiger partial charge is 0.326 e. The summed E-state index contributed by atoms with van der Waals surface area (Å²) in [7, 11) is 0. The van der Waals surface area contributed by atoms with Crippen LogP contribution in [-0.2, 0) is 66.7 Å². The van der Waals surface area contributed by atoms with Crippen molar-refractivity contribution in [2.75, 3.05) is 125 Å². The summed E-state index contributed by atoms with van der Waals surface area (Å²) in [6, 6.07) is -1.15. The monoisotopic (exact) mass is 966 g/mol. The van der Waals surface area contributed by atoms with E-state index in [0.29, 0.717) is 19.6 Å². The molecule has 0 aliphatic rings. The molecule has 0 rings (SSSR count). The maximum absolute atomic E-state index is 12.3. The molecule has 0 saturated heterocycles. The Morgan fingerprint density at radius 1 is 0.358 bits per heavy atom. The van der Waals surface area contributed by atoms with Crippen LogP contribution in [0.1, 0.15) is 116 Å². The highest BCUT2D eigenvalue weighted by Crippen LogP contribution is 2.14. The quantitative estimate of drug-likeness (QED) is 0.0398. The van der Waals surface area contributed by atoms with Gasteiger partial charge in [0.2, 0.25) is 29.5 Å². The number of aliphatic hydroxyl groups is 1. The van der Waals surface area contributed by atoms with Crippen LogP contribution >= 0.6 is 0 Å². The summed E-state index contributed by atoms with van der Waals surface area (Å²) >= 11 is 0. The number of carboxylic acid groups (broad SMARTS) is 2. The zero-order chi connectivity index (χ0) is 49.3. The van der Waals surface area contributed by atoms with E-state index in [4.69, 9.17) is 43.4 Å². The average molecular weight is 966 g/mol. The minimum atomic E-state index is -1.19. The Labute approximate surface area is 396 Å². The second-order valence-corrected chi connectivity index (χ2v) is 15.6. The van der Waals surface area contributed by atoms with Gasteiger partial charge in [-0.1, -0.05) is 77.0 Å². The zero-order valence-electron chi connectivity index (χ0n) is 39.8. The average Bonchev–Trinajstić information content (AvgIpc) is 3.29. The fourth-order valence-corrected chi connectivity index (χ4v) is 6.10. The minimum absolute atomic E-state index is 0.0345. The molecule has 67 heavy (non-hydrogen) atoms. The molecule has 0 aromatic rings. The van der Waals surface area contributed by atoms with Crippen LogP contribution in [0.4, 0.5) is 0 Å². The molecular weight excluding hydrogens is 883 g/mol. The van der Waals surface area contributed by atoms with Crippen molar-refractivity contribution in [2.45, 2.75) is 122 Å². The minimum Gasteiger partial charge on any atom is -0.481 e. The summed E-state index contributed by atoms with van der Waals surface area (Å²) in [5.41, 5.74) is 0. The first kappa shape index (κ1) is 63.0. The molecule has 0 aliphatic heterocycles. The van der Waals surface area contributed by atoms with Crippen LogP contribution in [0.5, 0.6) is 0 Å². The van der Waals surface area contributed by atoms with E-state index in [1.165, 1.54) is 38.5 Å². The number of rotatable bonds is 51. The van der Waals surface area contributed by atoms with Crippen LogP contribution in [0.25, 0.3) is 0 Å². The summed E-state index contributed by atoms with van der Waals surface area (Å²) in [6.45, 7) is 2.99. The number of hydrogen-bond acceptors (Lipinski definition) is 15. The van der Waals surface area contributed by atoms with Gasteiger partial charge >= 0.3 is 11.9 Å². The zero-order valence-corrected chi connectivity index (χ0v) is 39.8. The number of nitrogens with one attached hydrogen (secondary N) is 5. The topological polar surface area (TPSA) is 305 Å². The van der Waals surface area contributed by atoms with Gasteiger partial charge in [-0.15, -0.1) is 0 Å². The van der Waals surface area contributed by atoms with Gasteiger partial charge in [0.05, 0.1) is 79.3 Å². The van der Waals surface area contributed by atoms with Gasteiger partial charge in [-0.2, -0.15) is 0 Å². The lowest BCUT2D eigenvalue weighted by Crippen LogP contribution is -2.41. The van der Waals surface area contributed by atoms with Gasteiger partial charge in [0.15, 0.2) is 0 Å². The SMILES string of the molecule is O=C(O)CCCCCCCCCCCCCCCCC(=O)N[C@@H](CCC(=O)NCCOCCOCC(=O)NCCOCCOCC(=O)NCCOCCOCC(=O)NCCOCCO)C(=O)O. The predicted molar refractivity (Wildman–Crippen MR) is 245 cm³/mol. The third kappa shape index (κ3) is 48.2. The third-order valence-electron chi connectivity index (χ3n) is 9.66. The first-order valence-electron chi connectivity index (χ1n) is 24.0. The first-order chi connectivity index (χ1) is 32.5. The fourth-order valence-electron chi connectivity index (χ4n) is 6.10. The van der Waals surface area contributed by atoms with E-state index in [2.05, 4.69) is 26.6 Å². The summed E-state index contributed by atoms with van der Waals surface area (Å²) in [6.07, 6.45) is 15.4. The van der Waals surface area contributed by atoms with E-state index in [-0.39, 0.29) is 167 Å². The number of unbranched alkanes of at least 4 members (excludes halogenated alkanes) is 13. The number of carboxylic acids is 2. The molecule has 0 spiro atoms. The highest BCUT2D eigenvalue weighted by molar-refractivity contribution is 5.84. The van der Waals surface area contributed by atoms with Crippen molar-refractivity contribution in [3.8, 4) is 0 Å². The predicted octanol–water partition coefficient (Wildman–Crippen LogP) is 1.24. The van der Waals surface area contributed by atoms with Crippen molar-refractivity contribution in [3.05, 3.63) is 0 Å². The van der Waals surface area contributed by atoms with E-state index in [1.807, 2.05) is 0 Å². The number of aliphatic hydroxyl groups excluding tert-OH is 1. The lowest BCUT2D eigenvalue weighted by atomic mass is 10.0. The Morgan fingerprint density at radius 3 is 1.04 bits per heavy atom. The molecule has 0 fully saturated rings. The molecule has 0 saturated carbocycles. The molecule has 0 radical (unpaired) electrons. The van der Waals surface area contributed by atoms with Gasteiger partial charge in [-0.3, -0.25) is 28.8 Å². The number of ether oxygens (including phenoxy) is 7. The molecule has 0 aromatic heterocycles. The lowest BCUT2D eigenvalue weighted by molar-refractivity contribution is -0.142. The highest BCUT2D eigenvalue weighted by atomic mass is 16.5. The van der Waals surface area contributed by atoms with Crippen molar-refractivity contribution in [1.82, 2.24) is 26.6 Å². The third-order valence-corrected chi connectivity index (χ3v) is 9.66. The molecule has 1 atom stereocenters. The summed E-state index contributed by atoms with van der Waals surface area (Å²) < 4.78 is 36.9. The van der Waals surface area contributed by atoms with E-state index in [0.717, 1.165) is 44.9 Å². The molecule has 390 valence electrons. The molecule has 22 heteroatoms. The van der Waals surface area contributed by atoms with Gasteiger partial charge < -0.3 is 75.1 Å². The van der Waals surface area contributed by atoms with Crippen molar-refractivity contribution in [3.63, 3.8) is 0 Å². The van der Waals surface area contributed by atoms with Crippen molar-refractivity contribution < 1.29 is 82.0 Å². The van der Waals surface area contributed by atoms with Crippen LogP contribution in [0.2, 0.25) is 0 Å². The molecule has 0 bridgehead atoms. The second-order valence-electron chi connectivity index (χ2n) is 15.6. The van der Waals surface area contributed by atoms with E-state index < -0.39 is 18.0 Å². The number of amides is 5. The second kappa shape index (κ2) is 48.4. The number of carbonyl (C=O) groups is 7. The molecular formula is C45H83N5O17. The van der Waals surface area contributed by atoms with Crippen LogP contribution in [0, 0.1) is 0 Å². The maximum atomic E-state index is 12.3. The van der Waals surface area contributed by atoms with Crippen LogP contribution in [0.3, 0.4) is 0 Å². The Balaban J connectivity index is 3.60. The van der Waals surface area contributed by atoms with Gasteiger partial charge in [0.1, 0.15) is 25.9 Å². The van der Waals surface area contributed by atoms with Crippen molar-refractivity contribution in [1.29, 1.82) is 0 Å². The van der Waals surface area contributed by atoms with Crippen LogP contribution < -0.4 is 26.6 Å². The van der Waals surface area contributed by atoms with E-state index in [1.54, 1.807) is 0 Å². The van der Waals surface area contributed by atoms with Gasteiger partial charge in [0, 0.05) is 45.4 Å². The Kier molecular flexibility index (Phi) is 45.5. The molecule has 0 heterocycles. The number of aliphatic carboxylic acids is 2. The summed E-state index contributed by atoms with van der Waals surface area (Å²) in [5.74, 6) is -3.54. The van der Waals surface area contributed by atoms with Gasteiger partial charge in [-0.25, -0.2) is 4.79 Å². The molecule has 0 unspecified atom stereocenters. The Bertz CT molecular complexity index is 1280. The Morgan fingerprint density at radius 2 is 0.687 bits per heavy atom. The van der Waals surface area contributed by atoms with Crippen LogP contribution in [0.15, 0.2) is 0 Å². The maximum Gasteiger partial charge on any atom is 0.326 e. The van der Waals surface area contributed by atoms with Crippen molar-refractivity contribution in [2.24, 2.45) is 0 Å². The number of hydrogen-bond donors (Lipinski definition) is 8. The van der Waals surface area contributed by atoms with Gasteiger partial charge in [-0.05, 0) is 19.3 Å². The Hall–Kier alpha value is -4.03. The normalized spacial score (nSPS) is 11.5. The molecule has 22 nitrogen and oxygen atoms in total. The largest absolute Gasteiger partial charge is 0.481 e. The summed E-state index contributed by atoms with van der Waals surface area (Å²) in [5, 5.41) is 39.9. The van der Waals surface area contributed by atoms with Gasteiger partial charge in [0.25, 0.3) is 0 Å². The van der Waals surface area contributed by atoms with E-state index in [9.17, 15) is 38.7 Å². The summed E-state index contributed by atoms with van der Waals surface area (Å²) in [4.78, 5) is 82.1. The lowest BCUT2D eigenvalue weighted by Gasteiger charge is -2.14. The standard InChI is InChI=1S/C45H83N5O17/c51-23-28-61-24-20-47-41(54)35-66-33-30-63-26-22-49-43(56)37-67-34-31-64-27-21-48-42(55)36-65-32-29-62-25-19-46-39(52)18-17-38(45(59)60)50-40(53)15-13-11-9-7-5-3-1-2-4-6-8-10-12-14-16-44(57)58/h38,51H,1-37H2,(H,46,52)(H,47,54)(H,48,55)(H,49,56)(H,50,53)(H,57,58)(H,59,60)/t38-/m0/s1. The van der Waals surface area contributed by atoms with E-state index >= 15 is 0 Å².